The molecule has 12 heavy (non-hydrogen) atoms. The van der Waals surface area contributed by atoms with E-state index in [-0.39, 0.29) is 5.60 Å². The molecule has 0 aromatic heterocycles. The average Bonchev–Trinajstić information content (AvgIpc) is 2.14. The molecule has 0 spiro atoms. The molecular weight excluding hydrogens is 150 g/mol. The van der Waals surface area contributed by atoms with Crippen LogP contribution in [0.2, 0.25) is 0 Å². The third kappa shape index (κ3) is 3.55. The zero-order valence-corrected chi connectivity index (χ0v) is 8.73. The zero-order chi connectivity index (χ0) is 9.45. The van der Waals surface area contributed by atoms with E-state index in [1.54, 1.807) is 0 Å². The van der Waals surface area contributed by atoms with Crippen LogP contribution < -0.4 is 5.73 Å². The highest BCUT2D eigenvalue weighted by Crippen LogP contribution is 2.19. The molecule has 0 rings (SSSR count). The Bertz CT molecular complexity index is 91.7. The number of ether oxygens (including phenoxy) is 1. The van der Waals surface area contributed by atoms with Gasteiger partial charge in [0.05, 0.1) is 5.60 Å². The Morgan fingerprint density at radius 2 is 1.75 bits per heavy atom. The molecule has 0 saturated carbocycles. The standard InChI is InChI=1S/C10H23NO/c1-4-7-8-12-10(5-2,6-3)9-11/h4-9,11H2,1-3H3. The van der Waals surface area contributed by atoms with Gasteiger partial charge in [-0.15, -0.1) is 0 Å². The van der Waals surface area contributed by atoms with Gasteiger partial charge in [-0.25, -0.2) is 0 Å². The summed E-state index contributed by atoms with van der Waals surface area (Å²) in [6.45, 7) is 7.95. The lowest BCUT2D eigenvalue weighted by Gasteiger charge is -2.30. The molecule has 0 fully saturated rings. The Balaban J connectivity index is 3.76. The molecular formula is C10H23NO. The highest BCUT2D eigenvalue weighted by Gasteiger charge is 2.24. The molecule has 0 bridgehead atoms. The molecule has 0 radical (unpaired) electrons. The minimum atomic E-state index is -0.0465. The topological polar surface area (TPSA) is 35.2 Å². The van der Waals surface area contributed by atoms with Crippen molar-refractivity contribution in [1.82, 2.24) is 0 Å². The minimum Gasteiger partial charge on any atom is -0.374 e. The van der Waals surface area contributed by atoms with Crippen LogP contribution in [0.3, 0.4) is 0 Å². The van der Waals surface area contributed by atoms with Gasteiger partial charge in [0.25, 0.3) is 0 Å². The Morgan fingerprint density at radius 1 is 1.17 bits per heavy atom. The van der Waals surface area contributed by atoms with Gasteiger partial charge in [0, 0.05) is 13.2 Å². The quantitative estimate of drug-likeness (QED) is 0.600. The maximum atomic E-state index is 5.79. The van der Waals surface area contributed by atoms with Gasteiger partial charge < -0.3 is 10.5 Å². The third-order valence-electron chi connectivity index (χ3n) is 2.57. The highest BCUT2D eigenvalue weighted by atomic mass is 16.5. The maximum Gasteiger partial charge on any atom is 0.0798 e. The Hall–Kier alpha value is -0.0800. The second-order valence-corrected chi connectivity index (χ2v) is 3.30. The molecule has 74 valence electrons. The van der Waals surface area contributed by atoms with Crippen molar-refractivity contribution >= 4 is 0 Å². The molecule has 0 aliphatic heterocycles. The van der Waals surface area contributed by atoms with Crippen molar-refractivity contribution in [3.63, 3.8) is 0 Å². The minimum absolute atomic E-state index is 0.0465. The SMILES string of the molecule is CCCCOC(CC)(CC)CN. The van der Waals surface area contributed by atoms with Gasteiger partial charge in [0.2, 0.25) is 0 Å². The van der Waals surface area contributed by atoms with Gasteiger partial charge in [0.1, 0.15) is 0 Å². The van der Waals surface area contributed by atoms with Crippen molar-refractivity contribution in [1.29, 1.82) is 0 Å². The van der Waals surface area contributed by atoms with E-state index in [1.165, 1.54) is 6.42 Å². The van der Waals surface area contributed by atoms with E-state index < -0.39 is 0 Å². The molecule has 2 heteroatoms. The summed E-state index contributed by atoms with van der Waals surface area (Å²) in [6, 6.07) is 0. The molecule has 0 atom stereocenters. The fourth-order valence-corrected chi connectivity index (χ4v) is 1.23. The van der Waals surface area contributed by atoms with Crippen molar-refractivity contribution in [3.05, 3.63) is 0 Å². The number of nitrogens with two attached hydrogens (primary N) is 1. The van der Waals surface area contributed by atoms with Gasteiger partial charge in [-0.1, -0.05) is 27.2 Å². The van der Waals surface area contributed by atoms with Crippen LogP contribution in [0.25, 0.3) is 0 Å². The van der Waals surface area contributed by atoms with Crippen molar-refractivity contribution in [2.45, 2.75) is 52.1 Å². The first kappa shape index (κ1) is 11.9. The molecule has 0 aliphatic rings. The summed E-state index contributed by atoms with van der Waals surface area (Å²) >= 11 is 0. The second kappa shape index (κ2) is 6.44. The lowest BCUT2D eigenvalue weighted by atomic mass is 9.97. The van der Waals surface area contributed by atoms with Gasteiger partial charge in [-0.3, -0.25) is 0 Å². The second-order valence-electron chi connectivity index (χ2n) is 3.30. The first-order valence-corrected chi connectivity index (χ1v) is 5.08. The summed E-state index contributed by atoms with van der Waals surface area (Å²) in [5.74, 6) is 0. The Kier molecular flexibility index (Phi) is 6.39. The van der Waals surface area contributed by atoms with Crippen LogP contribution >= 0.6 is 0 Å². The number of unbranched alkanes of at least 4 members (excludes halogenated alkanes) is 1. The average molecular weight is 173 g/mol. The summed E-state index contributed by atoms with van der Waals surface area (Å²) < 4.78 is 5.79. The molecule has 0 unspecified atom stereocenters. The predicted molar refractivity (Wildman–Crippen MR) is 53.2 cm³/mol. The van der Waals surface area contributed by atoms with E-state index in [0.717, 1.165) is 25.9 Å². The van der Waals surface area contributed by atoms with Crippen LogP contribution in [0.5, 0.6) is 0 Å². The fraction of sp³-hybridized carbons (Fsp3) is 1.00. The number of hydrogen-bond donors (Lipinski definition) is 1. The van der Waals surface area contributed by atoms with Crippen molar-refractivity contribution in [2.75, 3.05) is 13.2 Å². The van der Waals surface area contributed by atoms with E-state index in [9.17, 15) is 0 Å². The van der Waals surface area contributed by atoms with Crippen molar-refractivity contribution in [2.24, 2.45) is 5.73 Å². The van der Waals surface area contributed by atoms with Crippen molar-refractivity contribution in [3.8, 4) is 0 Å². The van der Waals surface area contributed by atoms with E-state index in [4.69, 9.17) is 10.5 Å². The summed E-state index contributed by atoms with van der Waals surface area (Å²) in [4.78, 5) is 0. The summed E-state index contributed by atoms with van der Waals surface area (Å²) in [6.07, 6.45) is 4.36. The fourth-order valence-electron chi connectivity index (χ4n) is 1.23. The number of rotatable bonds is 7. The summed E-state index contributed by atoms with van der Waals surface area (Å²) in [5, 5.41) is 0. The van der Waals surface area contributed by atoms with E-state index >= 15 is 0 Å². The molecule has 0 aromatic carbocycles. The number of hydrogen-bond acceptors (Lipinski definition) is 2. The molecule has 2 nitrogen and oxygen atoms in total. The van der Waals surface area contributed by atoms with Crippen LogP contribution in [-0.2, 0) is 4.74 Å². The van der Waals surface area contributed by atoms with Crippen LogP contribution in [0.1, 0.15) is 46.5 Å². The van der Waals surface area contributed by atoms with Gasteiger partial charge in [0.15, 0.2) is 0 Å². The van der Waals surface area contributed by atoms with Gasteiger partial charge in [-0.05, 0) is 19.3 Å². The lowest BCUT2D eigenvalue weighted by Crippen LogP contribution is -2.39. The van der Waals surface area contributed by atoms with E-state index in [1.807, 2.05) is 0 Å². The summed E-state index contributed by atoms with van der Waals surface area (Å²) in [7, 11) is 0. The summed E-state index contributed by atoms with van der Waals surface area (Å²) in [5.41, 5.74) is 5.64. The molecule has 0 aromatic rings. The van der Waals surface area contributed by atoms with Crippen LogP contribution in [0, 0.1) is 0 Å². The van der Waals surface area contributed by atoms with Crippen LogP contribution in [0.15, 0.2) is 0 Å². The largest absolute Gasteiger partial charge is 0.374 e. The highest BCUT2D eigenvalue weighted by molar-refractivity contribution is 4.78. The molecule has 0 heterocycles. The molecule has 2 N–H and O–H groups in total. The molecule has 0 saturated heterocycles. The first-order chi connectivity index (χ1) is 5.74. The smallest absolute Gasteiger partial charge is 0.0798 e. The first-order valence-electron chi connectivity index (χ1n) is 5.08. The normalized spacial score (nSPS) is 12.0. The third-order valence-corrected chi connectivity index (χ3v) is 2.57. The van der Waals surface area contributed by atoms with Crippen LogP contribution in [-0.4, -0.2) is 18.8 Å². The van der Waals surface area contributed by atoms with Gasteiger partial charge >= 0.3 is 0 Å². The Labute approximate surface area is 76.5 Å². The zero-order valence-electron chi connectivity index (χ0n) is 8.73. The van der Waals surface area contributed by atoms with E-state index in [2.05, 4.69) is 20.8 Å². The molecule has 0 amide bonds. The van der Waals surface area contributed by atoms with Crippen molar-refractivity contribution < 1.29 is 4.74 Å². The molecule has 0 aliphatic carbocycles. The van der Waals surface area contributed by atoms with Gasteiger partial charge in [-0.2, -0.15) is 0 Å². The van der Waals surface area contributed by atoms with E-state index in [0.29, 0.717) is 6.54 Å². The lowest BCUT2D eigenvalue weighted by molar-refractivity contribution is -0.0453. The monoisotopic (exact) mass is 173 g/mol. The van der Waals surface area contributed by atoms with Crippen LogP contribution in [0.4, 0.5) is 0 Å². The Morgan fingerprint density at radius 3 is 2.08 bits per heavy atom. The maximum absolute atomic E-state index is 5.79. The predicted octanol–water partition coefficient (Wildman–Crippen LogP) is 2.32.